The van der Waals surface area contributed by atoms with Crippen LogP contribution in [-0.4, -0.2) is 74.9 Å². The van der Waals surface area contributed by atoms with Gasteiger partial charge in [-0.15, -0.1) is 0 Å². The zero-order valence-electron chi connectivity index (χ0n) is 21.1. The molecule has 2 fully saturated rings. The zero-order chi connectivity index (χ0) is 26.6. The molecule has 2 heterocycles. The number of aliphatic hydroxyl groups is 1. The Morgan fingerprint density at radius 3 is 2.38 bits per heavy atom. The topological polar surface area (TPSA) is 113 Å². The van der Waals surface area contributed by atoms with Crippen molar-refractivity contribution < 1.29 is 32.6 Å². The van der Waals surface area contributed by atoms with E-state index in [1.54, 1.807) is 31.4 Å². The average Bonchev–Trinajstić information content (AvgIpc) is 3.18. The van der Waals surface area contributed by atoms with Crippen LogP contribution in [0, 0.1) is 0 Å². The van der Waals surface area contributed by atoms with Gasteiger partial charge in [0.15, 0.2) is 0 Å². The lowest BCUT2D eigenvalue weighted by atomic mass is 9.95. The molecule has 0 aromatic heterocycles. The number of piperidine rings is 1. The Morgan fingerprint density at radius 1 is 1.03 bits per heavy atom. The fraction of sp³-hybridized carbons (Fsp3) is 0.407. The lowest BCUT2D eigenvalue weighted by molar-refractivity contribution is -0.140. The molecule has 0 radical (unpaired) electrons. The van der Waals surface area contributed by atoms with Gasteiger partial charge in [-0.05, 0) is 61.2 Å². The molecule has 1 amide bonds. The highest BCUT2D eigenvalue weighted by Crippen LogP contribution is 2.40. The summed E-state index contributed by atoms with van der Waals surface area (Å²) in [5.74, 6) is -1.32. The second-order valence-electron chi connectivity index (χ2n) is 9.10. The third kappa shape index (κ3) is 5.41. The smallest absolute Gasteiger partial charge is 0.295 e. The summed E-state index contributed by atoms with van der Waals surface area (Å²) in [5.41, 5.74) is 0.810. The van der Waals surface area contributed by atoms with Crippen molar-refractivity contribution in [1.82, 2.24) is 9.21 Å². The van der Waals surface area contributed by atoms with Gasteiger partial charge in [0.2, 0.25) is 10.0 Å². The summed E-state index contributed by atoms with van der Waals surface area (Å²) in [6.07, 6.45) is 3.17. The molecule has 1 atom stereocenters. The van der Waals surface area contributed by atoms with Crippen LogP contribution < -0.4 is 4.74 Å². The van der Waals surface area contributed by atoms with Gasteiger partial charge < -0.3 is 19.5 Å². The highest BCUT2D eigenvalue weighted by atomic mass is 32.2. The summed E-state index contributed by atoms with van der Waals surface area (Å²) in [4.78, 5) is 27.7. The summed E-state index contributed by atoms with van der Waals surface area (Å²) < 4.78 is 37.9. The van der Waals surface area contributed by atoms with Crippen molar-refractivity contribution in [3.63, 3.8) is 0 Å². The van der Waals surface area contributed by atoms with E-state index < -0.39 is 27.8 Å². The van der Waals surface area contributed by atoms with Crippen LogP contribution in [0.3, 0.4) is 0 Å². The largest absolute Gasteiger partial charge is 0.507 e. The minimum Gasteiger partial charge on any atom is -0.507 e. The Kier molecular flexibility index (Phi) is 8.31. The number of aliphatic hydroxyl groups excluding tert-OH is 1. The summed E-state index contributed by atoms with van der Waals surface area (Å²) in [6, 6.07) is 11.9. The van der Waals surface area contributed by atoms with E-state index in [0.29, 0.717) is 37.4 Å². The van der Waals surface area contributed by atoms with E-state index in [2.05, 4.69) is 0 Å². The first-order valence-electron chi connectivity index (χ1n) is 12.3. The number of likely N-dealkylation sites (tertiary alicyclic amines) is 1. The molecule has 2 aromatic rings. The monoisotopic (exact) mass is 528 g/mol. The number of carbonyl (C=O) groups is 2. The number of benzene rings is 2. The number of amides is 1. The molecule has 0 bridgehead atoms. The molecule has 0 aliphatic carbocycles. The molecular formula is C27H32N2O7S. The minimum atomic E-state index is -3.65. The van der Waals surface area contributed by atoms with E-state index in [1.165, 1.54) is 40.6 Å². The maximum atomic E-state index is 13.2. The van der Waals surface area contributed by atoms with Gasteiger partial charge in [0.05, 0.1) is 23.6 Å². The molecule has 4 rings (SSSR count). The number of rotatable bonds is 9. The fourth-order valence-corrected chi connectivity index (χ4v) is 6.36. The van der Waals surface area contributed by atoms with Gasteiger partial charge in [-0.25, -0.2) is 8.42 Å². The van der Waals surface area contributed by atoms with Crippen molar-refractivity contribution in [2.24, 2.45) is 0 Å². The number of hydrogen-bond acceptors (Lipinski definition) is 7. The molecule has 0 saturated carbocycles. The van der Waals surface area contributed by atoms with Crippen LogP contribution >= 0.6 is 0 Å². The van der Waals surface area contributed by atoms with E-state index in [4.69, 9.17) is 9.47 Å². The number of ether oxygens (including phenoxy) is 2. The first-order valence-corrected chi connectivity index (χ1v) is 13.8. The third-order valence-corrected chi connectivity index (χ3v) is 8.69. The summed E-state index contributed by atoms with van der Waals surface area (Å²) >= 11 is 0. The Labute approximate surface area is 217 Å². The molecule has 2 saturated heterocycles. The Bertz CT molecular complexity index is 1280. The van der Waals surface area contributed by atoms with Gasteiger partial charge in [0.25, 0.3) is 11.7 Å². The number of hydrogen-bond donors (Lipinski definition) is 1. The van der Waals surface area contributed by atoms with E-state index in [9.17, 15) is 23.1 Å². The molecule has 2 aliphatic heterocycles. The lowest BCUT2D eigenvalue weighted by Gasteiger charge is -2.26. The number of Topliss-reactive ketones (excluding diaryl/α,β-unsaturated/α-hetero) is 1. The van der Waals surface area contributed by atoms with Crippen molar-refractivity contribution in [2.75, 3.05) is 40.5 Å². The Morgan fingerprint density at radius 2 is 1.73 bits per heavy atom. The van der Waals surface area contributed by atoms with Crippen LogP contribution in [0.25, 0.3) is 5.76 Å². The number of ketones is 1. The van der Waals surface area contributed by atoms with Gasteiger partial charge in [0, 0.05) is 38.9 Å². The average molecular weight is 529 g/mol. The Balaban J connectivity index is 1.73. The first-order chi connectivity index (χ1) is 17.8. The van der Waals surface area contributed by atoms with Crippen molar-refractivity contribution in [3.05, 3.63) is 65.2 Å². The lowest BCUT2D eigenvalue weighted by Crippen LogP contribution is -2.35. The quantitative estimate of drug-likeness (QED) is 0.230. The third-order valence-electron chi connectivity index (χ3n) is 6.78. The van der Waals surface area contributed by atoms with Crippen LogP contribution in [0.1, 0.15) is 42.9 Å². The molecule has 10 heteroatoms. The fourth-order valence-electron chi connectivity index (χ4n) is 4.84. The first kappa shape index (κ1) is 26.8. The zero-order valence-corrected chi connectivity index (χ0v) is 21.9. The second kappa shape index (κ2) is 11.5. The normalized spacial score (nSPS) is 20.4. The van der Waals surface area contributed by atoms with Crippen LogP contribution in [-0.2, 0) is 24.3 Å². The molecule has 37 heavy (non-hydrogen) atoms. The van der Waals surface area contributed by atoms with Crippen LogP contribution in [0.2, 0.25) is 0 Å². The van der Waals surface area contributed by atoms with E-state index in [0.717, 1.165) is 19.3 Å². The minimum absolute atomic E-state index is 0.0534. The van der Waals surface area contributed by atoms with Gasteiger partial charge in [-0.3, -0.25) is 9.59 Å². The molecule has 0 spiro atoms. The van der Waals surface area contributed by atoms with Gasteiger partial charge in [0.1, 0.15) is 11.5 Å². The number of nitrogens with zero attached hydrogens (tertiary/aromatic N) is 2. The molecular weight excluding hydrogens is 496 g/mol. The highest BCUT2D eigenvalue weighted by molar-refractivity contribution is 7.89. The highest BCUT2D eigenvalue weighted by Gasteiger charge is 2.46. The standard InChI is InChI=1S/C27H32N2O7S/c1-35-17-7-16-29-24(20-8-6-9-21(18-20)36-2)23(26(31)27(29)32)25(30)19-10-12-22(13-11-19)37(33,34)28-14-4-3-5-15-28/h6,8-13,18,24,30H,3-5,7,14-17H2,1-2H3/b25-23+/t24-/m1/s1. The summed E-state index contributed by atoms with van der Waals surface area (Å²) in [6.45, 7) is 1.62. The number of sulfonamides is 1. The van der Waals surface area contributed by atoms with Crippen LogP contribution in [0.15, 0.2) is 59.0 Å². The van der Waals surface area contributed by atoms with Crippen LogP contribution in [0.4, 0.5) is 0 Å². The van der Waals surface area contributed by atoms with Crippen LogP contribution in [0.5, 0.6) is 5.75 Å². The molecule has 2 aromatic carbocycles. The second-order valence-corrected chi connectivity index (χ2v) is 11.0. The van der Waals surface area contributed by atoms with Gasteiger partial charge in [-0.1, -0.05) is 18.6 Å². The summed E-state index contributed by atoms with van der Waals surface area (Å²) in [7, 11) is -0.565. The molecule has 0 unspecified atom stereocenters. The SMILES string of the molecule is COCCCN1C(=O)C(=O)/C(=C(/O)c2ccc(S(=O)(=O)N3CCCCC3)cc2)[C@H]1c1cccc(OC)c1. The maximum absolute atomic E-state index is 13.2. The van der Waals surface area contributed by atoms with E-state index in [-0.39, 0.29) is 28.3 Å². The summed E-state index contributed by atoms with van der Waals surface area (Å²) in [5, 5.41) is 11.3. The van der Waals surface area contributed by atoms with Crippen molar-refractivity contribution in [3.8, 4) is 5.75 Å². The molecule has 1 N–H and O–H groups in total. The molecule has 2 aliphatic rings. The van der Waals surface area contributed by atoms with Crippen molar-refractivity contribution in [1.29, 1.82) is 0 Å². The number of carbonyl (C=O) groups excluding carboxylic acids is 2. The van der Waals surface area contributed by atoms with Crippen molar-refractivity contribution in [2.45, 2.75) is 36.6 Å². The maximum Gasteiger partial charge on any atom is 0.295 e. The van der Waals surface area contributed by atoms with E-state index in [1.807, 2.05) is 0 Å². The van der Waals surface area contributed by atoms with E-state index >= 15 is 0 Å². The van der Waals surface area contributed by atoms with Gasteiger partial charge >= 0.3 is 0 Å². The molecule has 198 valence electrons. The predicted octanol–water partition coefficient (Wildman–Crippen LogP) is 3.33. The van der Waals surface area contributed by atoms with Crippen molar-refractivity contribution >= 4 is 27.5 Å². The predicted molar refractivity (Wildman–Crippen MR) is 138 cm³/mol. The van der Waals surface area contributed by atoms with Gasteiger partial charge in [-0.2, -0.15) is 4.31 Å². The Hall–Kier alpha value is -3.21. The number of methoxy groups -OCH3 is 2. The molecule has 9 nitrogen and oxygen atoms in total.